The summed E-state index contributed by atoms with van der Waals surface area (Å²) in [6, 6.07) is 1.98. The Morgan fingerprint density at radius 3 is 2.46 bits per heavy atom. The van der Waals surface area contributed by atoms with E-state index in [0.717, 1.165) is 0 Å². The van der Waals surface area contributed by atoms with Crippen LogP contribution >= 0.6 is 0 Å². The average Bonchev–Trinajstić information content (AvgIpc) is 2.78. The first-order valence-corrected chi connectivity index (χ1v) is 4.80. The van der Waals surface area contributed by atoms with Crippen molar-refractivity contribution >= 4 is 6.28 Å². The Morgan fingerprint density at radius 2 is 1.92 bits per heavy atom. The highest BCUT2D eigenvalue weighted by atomic mass is 15.2. The van der Waals surface area contributed by atoms with E-state index in [1.54, 1.807) is 0 Å². The summed E-state index contributed by atoms with van der Waals surface area (Å²) < 4.78 is 2.07. The molecular weight excluding hydrogens is 159 g/mol. The molecule has 3 heteroatoms. The quantitative estimate of drug-likeness (QED) is 0.628. The van der Waals surface area contributed by atoms with Crippen LogP contribution in [0.4, 0.5) is 0 Å². The molecule has 0 aromatic carbocycles. The molecule has 0 fully saturated rings. The zero-order valence-corrected chi connectivity index (χ0v) is 8.09. The predicted molar refractivity (Wildman–Crippen MR) is 57.1 cm³/mol. The largest absolute Gasteiger partial charge is 0.445 e. The predicted octanol–water partition coefficient (Wildman–Crippen LogP) is 2.43. The van der Waals surface area contributed by atoms with Crippen LogP contribution in [0.25, 0.3) is 0 Å². The lowest BCUT2D eigenvalue weighted by atomic mass is 9.32. The Kier molecular flexibility index (Phi) is 1.87. The maximum atomic E-state index is 4.31. The van der Waals surface area contributed by atoms with Gasteiger partial charge < -0.3 is 4.59 Å². The van der Waals surface area contributed by atoms with Gasteiger partial charge in [0.25, 0.3) is 0 Å². The van der Waals surface area contributed by atoms with Gasteiger partial charge in [0.15, 0.2) is 0 Å². The molecule has 1 aromatic rings. The molecule has 0 N–H and O–H groups in total. The molecule has 1 heterocycles. The fourth-order valence-electron chi connectivity index (χ4n) is 1.84. The third-order valence-corrected chi connectivity index (χ3v) is 2.93. The minimum Gasteiger partial charge on any atom is -0.445 e. The third-order valence-electron chi connectivity index (χ3n) is 2.93. The lowest BCUT2D eigenvalue weighted by molar-refractivity contribution is 0.907. The Labute approximate surface area is 78.9 Å². The third kappa shape index (κ3) is 1.35. The summed E-state index contributed by atoms with van der Waals surface area (Å²) in [6.45, 7) is 4.52. The number of aromatic nitrogens is 2. The van der Waals surface area contributed by atoms with Crippen molar-refractivity contribution in [3.05, 3.63) is 42.8 Å². The van der Waals surface area contributed by atoms with Gasteiger partial charge in [-0.05, 0) is 12.3 Å². The van der Waals surface area contributed by atoms with Crippen LogP contribution in [0.15, 0.2) is 42.8 Å². The lowest BCUT2D eigenvalue weighted by Crippen LogP contribution is -2.40. The molecule has 0 saturated carbocycles. The van der Waals surface area contributed by atoms with Crippen molar-refractivity contribution in [1.29, 1.82) is 0 Å². The van der Waals surface area contributed by atoms with Gasteiger partial charge in [0.2, 0.25) is 0 Å². The zero-order valence-electron chi connectivity index (χ0n) is 8.09. The lowest BCUT2D eigenvalue weighted by Gasteiger charge is -2.36. The van der Waals surface area contributed by atoms with Crippen LogP contribution in [-0.2, 0) is 0 Å². The summed E-state index contributed by atoms with van der Waals surface area (Å²) in [6.07, 6.45) is 11.9. The van der Waals surface area contributed by atoms with Crippen LogP contribution in [0, 0.1) is 0 Å². The number of hydrogen-bond donors (Lipinski definition) is 0. The topological polar surface area (TPSA) is 17.8 Å². The van der Waals surface area contributed by atoms with Crippen molar-refractivity contribution in [2.24, 2.45) is 0 Å². The van der Waals surface area contributed by atoms with E-state index in [-0.39, 0.29) is 0 Å². The van der Waals surface area contributed by atoms with Crippen LogP contribution in [0.3, 0.4) is 0 Å². The summed E-state index contributed by atoms with van der Waals surface area (Å²) >= 11 is 0. The van der Waals surface area contributed by atoms with Crippen molar-refractivity contribution in [1.82, 2.24) is 9.69 Å². The molecule has 0 unspecified atom stereocenters. The van der Waals surface area contributed by atoms with Crippen molar-refractivity contribution in [3.8, 4) is 0 Å². The summed E-state index contributed by atoms with van der Waals surface area (Å²) in [5, 5.41) is 4.31. The van der Waals surface area contributed by atoms with E-state index in [1.807, 2.05) is 18.5 Å². The molecule has 0 amide bonds. The van der Waals surface area contributed by atoms with Crippen LogP contribution < -0.4 is 0 Å². The number of rotatable bonds is 2. The molecule has 2 nitrogen and oxygen atoms in total. The summed E-state index contributed by atoms with van der Waals surface area (Å²) in [4.78, 5) is 0. The van der Waals surface area contributed by atoms with E-state index in [4.69, 9.17) is 0 Å². The van der Waals surface area contributed by atoms with Gasteiger partial charge in [0.1, 0.15) is 6.28 Å². The van der Waals surface area contributed by atoms with Crippen LogP contribution in [0.2, 0.25) is 19.5 Å². The molecule has 0 radical (unpaired) electrons. The Balaban J connectivity index is 2.30. The second-order valence-corrected chi connectivity index (χ2v) is 4.24. The maximum absolute atomic E-state index is 4.31. The van der Waals surface area contributed by atoms with Gasteiger partial charge in [-0.25, -0.2) is 5.10 Å². The Hall–Kier alpha value is -1.25. The second-order valence-electron chi connectivity index (χ2n) is 4.24. The first kappa shape index (κ1) is 8.36. The minimum absolute atomic E-state index is 0.514. The van der Waals surface area contributed by atoms with Crippen LogP contribution in [0.1, 0.15) is 0 Å². The van der Waals surface area contributed by atoms with Gasteiger partial charge in [-0.1, -0.05) is 12.2 Å². The molecular formula is C10H14BN2-. The maximum Gasteiger partial charge on any atom is 0.118 e. The van der Waals surface area contributed by atoms with Gasteiger partial charge >= 0.3 is 0 Å². The fraction of sp³-hybridized carbons (Fsp3) is 0.300. The number of nitrogens with zero attached hydrogens (tertiary/aromatic N) is 2. The van der Waals surface area contributed by atoms with Gasteiger partial charge in [0, 0.05) is 6.20 Å². The molecule has 13 heavy (non-hydrogen) atoms. The smallest absolute Gasteiger partial charge is 0.118 e. The van der Waals surface area contributed by atoms with Gasteiger partial charge in [0.05, 0.1) is 0 Å². The number of allylic oxidation sites excluding steroid dienone is 4. The van der Waals surface area contributed by atoms with Crippen molar-refractivity contribution < 1.29 is 0 Å². The first-order valence-electron chi connectivity index (χ1n) is 4.80. The fourth-order valence-corrected chi connectivity index (χ4v) is 1.84. The standard InChI is InChI=1S/C10H14BN2/c1-11(2,10-6-3-4-7-10)13-9-5-8-12-13/h3-10H,1-2H3/q-1. The highest BCUT2D eigenvalue weighted by molar-refractivity contribution is 6.78. The molecule has 1 aliphatic rings. The Morgan fingerprint density at radius 1 is 1.23 bits per heavy atom. The van der Waals surface area contributed by atoms with E-state index in [1.165, 1.54) is 0 Å². The monoisotopic (exact) mass is 173 g/mol. The average molecular weight is 173 g/mol. The zero-order chi connectivity index (χ0) is 9.31. The van der Waals surface area contributed by atoms with Crippen molar-refractivity contribution in [3.63, 3.8) is 0 Å². The summed E-state index contributed by atoms with van der Waals surface area (Å²) in [5.41, 5.74) is 0. The minimum atomic E-state index is -0.639. The highest BCUT2D eigenvalue weighted by Gasteiger charge is 2.23. The van der Waals surface area contributed by atoms with E-state index >= 15 is 0 Å². The molecule has 1 aliphatic carbocycles. The van der Waals surface area contributed by atoms with Gasteiger partial charge in [-0.3, -0.25) is 0 Å². The van der Waals surface area contributed by atoms with E-state index in [2.05, 4.69) is 47.6 Å². The second kappa shape index (κ2) is 2.91. The van der Waals surface area contributed by atoms with Crippen LogP contribution in [0.5, 0.6) is 0 Å². The molecule has 0 bridgehead atoms. The molecule has 0 spiro atoms. The first-order chi connectivity index (χ1) is 6.21. The molecule has 0 aliphatic heterocycles. The molecule has 1 aromatic heterocycles. The van der Waals surface area contributed by atoms with E-state index < -0.39 is 6.28 Å². The van der Waals surface area contributed by atoms with E-state index in [9.17, 15) is 0 Å². The number of hydrogen-bond acceptors (Lipinski definition) is 1. The van der Waals surface area contributed by atoms with Crippen LogP contribution in [-0.4, -0.2) is 16.0 Å². The normalized spacial score (nSPS) is 17.1. The molecule has 0 saturated heterocycles. The molecule has 2 rings (SSSR count). The molecule has 0 atom stereocenters. The SMILES string of the molecule is C[B-](C)(C1C=CC=C1)n1cccn1. The van der Waals surface area contributed by atoms with Gasteiger partial charge in [-0.2, -0.15) is 13.6 Å². The summed E-state index contributed by atoms with van der Waals surface area (Å²) in [5.74, 6) is 0.514. The van der Waals surface area contributed by atoms with E-state index in [0.29, 0.717) is 5.82 Å². The molecule has 68 valence electrons. The Bertz CT molecular complexity index is 324. The van der Waals surface area contributed by atoms with Gasteiger partial charge in [-0.15, -0.1) is 18.0 Å². The van der Waals surface area contributed by atoms with Crippen molar-refractivity contribution in [2.45, 2.75) is 19.5 Å². The van der Waals surface area contributed by atoms with Crippen molar-refractivity contribution in [2.75, 3.05) is 0 Å². The highest BCUT2D eigenvalue weighted by Crippen LogP contribution is 2.28. The summed E-state index contributed by atoms with van der Waals surface area (Å²) in [7, 11) is 0.